The van der Waals surface area contributed by atoms with E-state index in [9.17, 15) is 0 Å². The Morgan fingerprint density at radius 3 is 2.89 bits per heavy atom. The molecule has 1 saturated carbocycles. The van der Waals surface area contributed by atoms with Crippen LogP contribution in [-0.2, 0) is 6.54 Å². The molecule has 1 aromatic heterocycles. The smallest absolute Gasteiger partial charge is 0.178 e. The van der Waals surface area contributed by atoms with Gasteiger partial charge in [0.05, 0.1) is 11.0 Å². The first-order chi connectivity index (χ1) is 8.63. The van der Waals surface area contributed by atoms with Crippen LogP contribution in [0.4, 0.5) is 0 Å². The first-order valence-corrected chi connectivity index (χ1v) is 8.78. The summed E-state index contributed by atoms with van der Waals surface area (Å²) in [7, 11) is 0. The minimum atomic E-state index is 0.413. The fourth-order valence-electron chi connectivity index (χ4n) is 2.58. The highest BCUT2D eigenvalue weighted by molar-refractivity contribution is 14.1. The highest BCUT2D eigenvalue weighted by Crippen LogP contribution is 2.44. The molecular weight excluding hydrogens is 375 g/mol. The van der Waals surface area contributed by atoms with Crippen LogP contribution in [0.1, 0.15) is 19.3 Å². The van der Waals surface area contributed by atoms with Gasteiger partial charge in [-0.3, -0.25) is 0 Å². The van der Waals surface area contributed by atoms with Gasteiger partial charge in [0.2, 0.25) is 0 Å². The van der Waals surface area contributed by atoms with Crippen molar-refractivity contribution in [3.63, 3.8) is 0 Å². The summed E-state index contributed by atoms with van der Waals surface area (Å²) in [6.45, 7) is 1.04. The molecule has 0 radical (unpaired) electrons. The maximum atomic E-state index is 5.48. The standard InChI is InChI=1S/C13H15IN2S2/c1-18-13(5-2-6-13)8-16-11-4-3-9(14)7-10(11)15-12(16)17/h3-4,7H,2,5-6,8H2,1H3,(H,15,17). The lowest BCUT2D eigenvalue weighted by molar-refractivity contribution is 0.323. The number of imidazole rings is 1. The number of hydrogen-bond donors (Lipinski definition) is 1. The molecule has 2 aromatic rings. The van der Waals surface area contributed by atoms with E-state index in [1.807, 2.05) is 11.8 Å². The number of aromatic nitrogens is 2. The molecule has 18 heavy (non-hydrogen) atoms. The summed E-state index contributed by atoms with van der Waals surface area (Å²) in [5, 5.41) is 0. The van der Waals surface area contributed by atoms with E-state index in [-0.39, 0.29) is 0 Å². The van der Waals surface area contributed by atoms with Gasteiger partial charge in [0.15, 0.2) is 4.77 Å². The molecule has 0 spiro atoms. The Hall–Kier alpha value is -0.0100. The van der Waals surface area contributed by atoms with Crippen LogP contribution in [0.15, 0.2) is 18.2 Å². The number of halogens is 1. The van der Waals surface area contributed by atoms with Gasteiger partial charge in [-0.2, -0.15) is 11.8 Å². The fraction of sp³-hybridized carbons (Fsp3) is 0.462. The first kappa shape index (κ1) is 13.0. The lowest BCUT2D eigenvalue weighted by Crippen LogP contribution is -2.37. The van der Waals surface area contributed by atoms with Crippen molar-refractivity contribution in [2.75, 3.05) is 6.26 Å². The van der Waals surface area contributed by atoms with Crippen LogP contribution in [0.3, 0.4) is 0 Å². The molecule has 0 bridgehead atoms. The van der Waals surface area contributed by atoms with E-state index in [2.05, 4.69) is 56.6 Å². The van der Waals surface area contributed by atoms with Gasteiger partial charge >= 0.3 is 0 Å². The fourth-order valence-corrected chi connectivity index (χ4v) is 4.30. The van der Waals surface area contributed by atoms with Crippen LogP contribution in [0.25, 0.3) is 11.0 Å². The van der Waals surface area contributed by atoms with Crippen LogP contribution in [0, 0.1) is 8.34 Å². The van der Waals surface area contributed by atoms with Gasteiger partial charge in [-0.15, -0.1) is 0 Å². The summed E-state index contributed by atoms with van der Waals surface area (Å²) in [4.78, 5) is 3.33. The van der Waals surface area contributed by atoms with Gasteiger partial charge < -0.3 is 9.55 Å². The molecule has 2 nitrogen and oxygen atoms in total. The second kappa shape index (κ2) is 4.83. The van der Waals surface area contributed by atoms with Gasteiger partial charge in [0.25, 0.3) is 0 Å². The Bertz CT molecular complexity index is 634. The van der Waals surface area contributed by atoms with Crippen molar-refractivity contribution < 1.29 is 0 Å². The largest absolute Gasteiger partial charge is 0.331 e. The van der Waals surface area contributed by atoms with Crippen LogP contribution >= 0.6 is 46.6 Å². The zero-order chi connectivity index (χ0) is 12.8. The lowest BCUT2D eigenvalue weighted by Gasteiger charge is -2.40. The second-order valence-corrected chi connectivity index (χ2v) is 7.83. The molecule has 1 aliphatic carbocycles. The maximum absolute atomic E-state index is 5.48. The molecule has 1 aromatic carbocycles. The minimum absolute atomic E-state index is 0.413. The quantitative estimate of drug-likeness (QED) is 0.611. The molecule has 0 amide bonds. The molecule has 1 N–H and O–H groups in total. The molecular formula is C13H15IN2S2. The number of benzene rings is 1. The molecule has 1 fully saturated rings. The SMILES string of the molecule is CSC1(Cn2c(=S)[nH]c3cc(I)ccc32)CCC1. The number of nitrogens with zero attached hydrogens (tertiary/aromatic N) is 1. The Labute approximate surface area is 130 Å². The van der Waals surface area contributed by atoms with Crippen LogP contribution in [0.5, 0.6) is 0 Å². The van der Waals surface area contributed by atoms with Crippen LogP contribution < -0.4 is 0 Å². The summed E-state index contributed by atoms with van der Waals surface area (Å²) in [6, 6.07) is 6.49. The van der Waals surface area contributed by atoms with E-state index in [1.165, 1.54) is 28.3 Å². The van der Waals surface area contributed by atoms with E-state index >= 15 is 0 Å². The van der Waals surface area contributed by atoms with Crippen molar-refractivity contribution in [2.24, 2.45) is 0 Å². The zero-order valence-electron chi connectivity index (χ0n) is 10.2. The average molecular weight is 390 g/mol. The number of H-pyrrole nitrogens is 1. The van der Waals surface area contributed by atoms with Gasteiger partial charge in [-0.25, -0.2) is 0 Å². The third kappa shape index (κ3) is 2.14. The second-order valence-electron chi connectivity index (χ2n) is 4.92. The van der Waals surface area contributed by atoms with Crippen LogP contribution in [0.2, 0.25) is 0 Å². The average Bonchev–Trinajstić information content (AvgIpc) is 2.59. The van der Waals surface area contributed by atoms with Crippen molar-refractivity contribution in [3.8, 4) is 0 Å². The van der Waals surface area contributed by atoms with Crippen molar-refractivity contribution in [1.82, 2.24) is 9.55 Å². The first-order valence-electron chi connectivity index (χ1n) is 6.07. The van der Waals surface area contributed by atoms with E-state index in [0.29, 0.717) is 4.75 Å². The lowest BCUT2D eigenvalue weighted by atomic mass is 9.84. The van der Waals surface area contributed by atoms with Gasteiger partial charge in [-0.1, -0.05) is 6.42 Å². The van der Waals surface area contributed by atoms with Crippen molar-refractivity contribution >= 4 is 57.6 Å². The summed E-state index contributed by atoms with van der Waals surface area (Å²) in [6.07, 6.45) is 6.20. The summed E-state index contributed by atoms with van der Waals surface area (Å²) in [5.74, 6) is 0. The molecule has 5 heteroatoms. The van der Waals surface area contributed by atoms with Crippen molar-refractivity contribution in [1.29, 1.82) is 0 Å². The van der Waals surface area contributed by atoms with Gasteiger partial charge in [0, 0.05) is 14.9 Å². The summed E-state index contributed by atoms with van der Waals surface area (Å²) < 4.78 is 4.78. The molecule has 96 valence electrons. The molecule has 1 aliphatic rings. The monoisotopic (exact) mass is 390 g/mol. The zero-order valence-corrected chi connectivity index (χ0v) is 14.0. The topological polar surface area (TPSA) is 20.7 Å². The predicted molar refractivity (Wildman–Crippen MR) is 89.9 cm³/mol. The van der Waals surface area contributed by atoms with E-state index < -0.39 is 0 Å². The number of hydrogen-bond acceptors (Lipinski definition) is 2. The van der Waals surface area contributed by atoms with Gasteiger partial charge in [-0.05, 0) is 72.1 Å². The van der Waals surface area contributed by atoms with Crippen molar-refractivity contribution in [3.05, 3.63) is 26.5 Å². The molecule has 1 heterocycles. The molecule has 0 saturated heterocycles. The minimum Gasteiger partial charge on any atom is -0.331 e. The third-order valence-corrected chi connectivity index (χ3v) is 6.28. The van der Waals surface area contributed by atoms with E-state index in [1.54, 1.807) is 0 Å². The number of aromatic amines is 1. The predicted octanol–water partition coefficient (Wildman–Crippen LogP) is 4.59. The third-order valence-electron chi connectivity index (χ3n) is 3.88. The van der Waals surface area contributed by atoms with Crippen molar-refractivity contribution in [2.45, 2.75) is 30.6 Å². The summed E-state index contributed by atoms with van der Waals surface area (Å²) >= 11 is 9.81. The Morgan fingerprint density at radius 2 is 2.28 bits per heavy atom. The number of nitrogens with one attached hydrogen (secondary N) is 1. The summed E-state index contributed by atoms with van der Waals surface area (Å²) in [5.41, 5.74) is 2.39. The van der Waals surface area contributed by atoms with E-state index in [0.717, 1.165) is 16.8 Å². The Balaban J connectivity index is 2.06. The normalized spacial score (nSPS) is 17.9. The Morgan fingerprint density at radius 1 is 1.50 bits per heavy atom. The highest BCUT2D eigenvalue weighted by Gasteiger charge is 2.36. The Kier molecular flexibility index (Phi) is 3.49. The molecule has 0 unspecified atom stereocenters. The van der Waals surface area contributed by atoms with Crippen LogP contribution in [-0.4, -0.2) is 20.6 Å². The number of rotatable bonds is 3. The molecule has 3 rings (SSSR count). The number of thioether (sulfide) groups is 1. The van der Waals surface area contributed by atoms with E-state index in [4.69, 9.17) is 12.2 Å². The maximum Gasteiger partial charge on any atom is 0.178 e. The number of fused-ring (bicyclic) bond motifs is 1. The molecule has 0 atom stereocenters. The highest BCUT2D eigenvalue weighted by atomic mass is 127. The molecule has 0 aliphatic heterocycles. The van der Waals surface area contributed by atoms with Gasteiger partial charge in [0.1, 0.15) is 0 Å².